The smallest absolute Gasteiger partial charge is 0.104 e. The molecule has 13 heavy (non-hydrogen) atoms. The van der Waals surface area contributed by atoms with Crippen LogP contribution in [0.5, 0.6) is 0 Å². The summed E-state index contributed by atoms with van der Waals surface area (Å²) in [6.07, 6.45) is -0.0694. The molecule has 0 aromatic heterocycles. The summed E-state index contributed by atoms with van der Waals surface area (Å²) in [6, 6.07) is 0. The van der Waals surface area contributed by atoms with Crippen molar-refractivity contribution in [1.29, 1.82) is 0 Å². The first-order chi connectivity index (χ1) is 6.24. The monoisotopic (exact) mass is 193 g/mol. The van der Waals surface area contributed by atoms with Gasteiger partial charge in [-0.2, -0.15) is 0 Å². The van der Waals surface area contributed by atoms with Crippen LogP contribution >= 0.6 is 0 Å². The van der Waals surface area contributed by atoms with E-state index in [-0.39, 0.29) is 6.54 Å². The summed E-state index contributed by atoms with van der Waals surface area (Å²) in [5.74, 6) is 0. The van der Waals surface area contributed by atoms with Gasteiger partial charge in [-0.15, -0.1) is 0 Å². The molecule has 5 nitrogen and oxygen atoms in total. The van der Waals surface area contributed by atoms with E-state index < -0.39 is 6.10 Å². The molecule has 1 heterocycles. The van der Waals surface area contributed by atoms with Crippen LogP contribution in [0.25, 0.3) is 0 Å². The van der Waals surface area contributed by atoms with Crippen LogP contribution in [0.3, 0.4) is 0 Å². The van der Waals surface area contributed by atoms with Crippen molar-refractivity contribution < 1.29 is 19.3 Å². The van der Waals surface area contributed by atoms with Gasteiger partial charge in [0.05, 0.1) is 25.9 Å². The van der Waals surface area contributed by atoms with Gasteiger partial charge >= 0.3 is 0 Å². The number of hydrogen-bond donors (Lipinski definition) is 2. The van der Waals surface area contributed by atoms with Crippen molar-refractivity contribution in [1.82, 2.24) is 0 Å². The van der Waals surface area contributed by atoms with E-state index in [2.05, 4.69) is 4.74 Å². The molecule has 5 heteroatoms. The summed E-state index contributed by atoms with van der Waals surface area (Å²) >= 11 is 0. The van der Waals surface area contributed by atoms with Gasteiger partial charge in [-0.3, -0.25) is 0 Å². The third-order valence-corrected chi connectivity index (χ3v) is 1.39. The van der Waals surface area contributed by atoms with E-state index in [1.807, 2.05) is 0 Å². The molecule has 1 aliphatic rings. The predicted octanol–water partition coefficient (Wildman–Crippen LogP) is -1.02. The Labute approximate surface area is 78.8 Å². The van der Waals surface area contributed by atoms with Crippen molar-refractivity contribution in [2.75, 3.05) is 40.6 Å². The van der Waals surface area contributed by atoms with E-state index >= 15 is 0 Å². The van der Waals surface area contributed by atoms with Gasteiger partial charge in [0.1, 0.15) is 6.10 Å². The first-order valence-corrected chi connectivity index (χ1v) is 4.22. The predicted molar refractivity (Wildman–Crippen MR) is 48.6 cm³/mol. The zero-order valence-corrected chi connectivity index (χ0v) is 8.23. The van der Waals surface area contributed by atoms with E-state index in [0.717, 1.165) is 13.2 Å². The molecule has 0 saturated carbocycles. The lowest BCUT2D eigenvalue weighted by Crippen LogP contribution is -2.24. The SMILES string of the molecule is COC[C@H](O)CN.COC[C@H]1CO1. The van der Waals surface area contributed by atoms with E-state index in [1.54, 1.807) is 7.11 Å². The van der Waals surface area contributed by atoms with Gasteiger partial charge < -0.3 is 25.1 Å². The Hall–Kier alpha value is -0.200. The quantitative estimate of drug-likeness (QED) is 0.547. The number of ether oxygens (including phenoxy) is 3. The number of methoxy groups -OCH3 is 2. The highest BCUT2D eigenvalue weighted by Gasteiger charge is 2.21. The Morgan fingerprint density at radius 3 is 2.31 bits per heavy atom. The summed E-state index contributed by atoms with van der Waals surface area (Å²) < 4.78 is 14.1. The maximum absolute atomic E-state index is 8.61. The Bertz CT molecular complexity index is 108. The van der Waals surface area contributed by atoms with Crippen LogP contribution in [0.2, 0.25) is 0 Å². The Kier molecular flexibility index (Phi) is 8.27. The van der Waals surface area contributed by atoms with Gasteiger partial charge in [0, 0.05) is 20.8 Å². The minimum Gasteiger partial charge on any atom is -0.389 e. The van der Waals surface area contributed by atoms with Crippen LogP contribution in [0.1, 0.15) is 0 Å². The van der Waals surface area contributed by atoms with Gasteiger partial charge in [-0.25, -0.2) is 0 Å². The van der Waals surface area contributed by atoms with Crippen molar-refractivity contribution in [2.24, 2.45) is 5.73 Å². The van der Waals surface area contributed by atoms with E-state index in [9.17, 15) is 0 Å². The molecule has 0 aromatic carbocycles. The molecule has 0 radical (unpaired) electrons. The normalized spacial score (nSPS) is 21.7. The summed E-state index contributed by atoms with van der Waals surface area (Å²) in [4.78, 5) is 0. The zero-order valence-electron chi connectivity index (χ0n) is 8.23. The fraction of sp³-hybridized carbons (Fsp3) is 1.00. The second-order valence-electron chi connectivity index (χ2n) is 2.76. The van der Waals surface area contributed by atoms with Crippen molar-refractivity contribution in [3.63, 3.8) is 0 Å². The molecule has 3 N–H and O–H groups in total. The molecule has 1 aliphatic heterocycles. The van der Waals surface area contributed by atoms with Crippen LogP contribution in [0.15, 0.2) is 0 Å². The Morgan fingerprint density at radius 2 is 2.15 bits per heavy atom. The Morgan fingerprint density at radius 1 is 1.54 bits per heavy atom. The number of nitrogens with two attached hydrogens (primary N) is 1. The number of rotatable bonds is 5. The van der Waals surface area contributed by atoms with Gasteiger partial charge in [-0.1, -0.05) is 0 Å². The topological polar surface area (TPSA) is 77.2 Å². The zero-order chi connectivity index (χ0) is 10.1. The third kappa shape index (κ3) is 9.72. The number of aliphatic hydroxyl groups excluding tert-OH is 1. The fourth-order valence-corrected chi connectivity index (χ4v) is 0.611. The van der Waals surface area contributed by atoms with Crippen LogP contribution in [0.4, 0.5) is 0 Å². The van der Waals surface area contributed by atoms with Crippen LogP contribution < -0.4 is 5.73 Å². The van der Waals surface area contributed by atoms with Gasteiger partial charge in [0.25, 0.3) is 0 Å². The fourth-order valence-electron chi connectivity index (χ4n) is 0.611. The lowest BCUT2D eigenvalue weighted by atomic mass is 10.4. The van der Waals surface area contributed by atoms with Gasteiger partial charge in [0.2, 0.25) is 0 Å². The second-order valence-corrected chi connectivity index (χ2v) is 2.76. The van der Waals surface area contributed by atoms with Crippen LogP contribution in [0, 0.1) is 0 Å². The maximum atomic E-state index is 8.61. The molecule has 1 fully saturated rings. The molecular weight excluding hydrogens is 174 g/mol. The van der Waals surface area contributed by atoms with Crippen LogP contribution in [-0.2, 0) is 14.2 Å². The largest absolute Gasteiger partial charge is 0.389 e. The molecule has 0 amide bonds. The highest BCUT2D eigenvalue weighted by molar-refractivity contribution is 4.66. The minimum atomic E-state index is -0.495. The molecule has 0 unspecified atom stereocenters. The van der Waals surface area contributed by atoms with Gasteiger partial charge in [0.15, 0.2) is 0 Å². The van der Waals surface area contributed by atoms with E-state index in [0.29, 0.717) is 12.7 Å². The Balaban J connectivity index is 0.000000223. The van der Waals surface area contributed by atoms with Crippen molar-refractivity contribution in [3.8, 4) is 0 Å². The summed E-state index contributed by atoms with van der Waals surface area (Å²) in [5.41, 5.74) is 5.03. The molecule has 0 spiro atoms. The molecule has 1 rings (SSSR count). The molecule has 1 saturated heterocycles. The number of hydrogen-bond acceptors (Lipinski definition) is 5. The lowest BCUT2D eigenvalue weighted by molar-refractivity contribution is 0.0702. The average molecular weight is 193 g/mol. The number of epoxide rings is 1. The molecular formula is C8H19NO4. The summed E-state index contributed by atoms with van der Waals surface area (Å²) in [5, 5.41) is 8.61. The molecule has 80 valence electrons. The van der Waals surface area contributed by atoms with E-state index in [4.69, 9.17) is 20.3 Å². The first kappa shape index (κ1) is 12.8. The molecule has 0 aromatic rings. The van der Waals surface area contributed by atoms with Crippen LogP contribution in [-0.4, -0.2) is 57.9 Å². The van der Waals surface area contributed by atoms with Crippen molar-refractivity contribution in [3.05, 3.63) is 0 Å². The molecule has 0 bridgehead atoms. The number of aliphatic hydroxyl groups is 1. The molecule has 2 atom stereocenters. The lowest BCUT2D eigenvalue weighted by Gasteiger charge is -2.02. The standard InChI is InChI=1S/C4H11NO2.C4H8O2/c1-7-3-4(6)2-5;1-5-2-4-3-6-4/h4,6H,2-3,5H2,1H3;4H,2-3H2,1H3/t2*4-/m10/s1. The second kappa shape index (κ2) is 8.40. The average Bonchev–Trinajstić information content (AvgIpc) is 2.91. The molecule has 0 aliphatic carbocycles. The minimum absolute atomic E-state index is 0.272. The van der Waals surface area contributed by atoms with Gasteiger partial charge in [-0.05, 0) is 0 Å². The van der Waals surface area contributed by atoms with Crippen molar-refractivity contribution in [2.45, 2.75) is 12.2 Å². The highest BCUT2D eigenvalue weighted by Crippen LogP contribution is 2.06. The van der Waals surface area contributed by atoms with Crippen molar-refractivity contribution >= 4 is 0 Å². The highest BCUT2D eigenvalue weighted by atomic mass is 16.6. The van der Waals surface area contributed by atoms with E-state index in [1.165, 1.54) is 7.11 Å². The summed E-state index contributed by atoms with van der Waals surface area (Å²) in [6.45, 7) is 2.26. The first-order valence-electron chi connectivity index (χ1n) is 4.22. The third-order valence-electron chi connectivity index (χ3n) is 1.39. The summed E-state index contributed by atoms with van der Waals surface area (Å²) in [7, 11) is 3.21. The maximum Gasteiger partial charge on any atom is 0.104 e.